The standard InChI is InChI=1S/C13H30O3SSi/c1-6-7-8-9-13(17)10-14-18(15-11(2)3)16-12(4)5/h11-13,17-18H,6-10H2,1-5H3. The van der Waals surface area contributed by atoms with Crippen molar-refractivity contribution in [2.45, 2.75) is 77.8 Å². The second kappa shape index (κ2) is 11.3. The van der Waals surface area contributed by atoms with Crippen molar-refractivity contribution in [3.8, 4) is 0 Å². The van der Waals surface area contributed by atoms with E-state index in [1.54, 1.807) is 0 Å². The number of rotatable bonds is 11. The molecule has 0 aromatic heterocycles. The van der Waals surface area contributed by atoms with E-state index in [-0.39, 0.29) is 17.5 Å². The molecule has 18 heavy (non-hydrogen) atoms. The Hall–Kier alpha value is 0.447. The zero-order valence-corrected chi connectivity index (χ0v) is 14.6. The monoisotopic (exact) mass is 294 g/mol. The summed E-state index contributed by atoms with van der Waals surface area (Å²) in [5.74, 6) is 0. The third-order valence-corrected chi connectivity index (χ3v) is 4.74. The summed E-state index contributed by atoms with van der Waals surface area (Å²) in [6, 6.07) is 0. The van der Waals surface area contributed by atoms with Crippen LogP contribution in [0, 0.1) is 0 Å². The molecule has 110 valence electrons. The molecule has 0 bridgehead atoms. The van der Waals surface area contributed by atoms with Crippen molar-refractivity contribution in [1.29, 1.82) is 0 Å². The summed E-state index contributed by atoms with van der Waals surface area (Å²) in [4.78, 5) is 0. The molecule has 0 spiro atoms. The fraction of sp³-hybridized carbons (Fsp3) is 1.00. The molecule has 0 rings (SSSR count). The van der Waals surface area contributed by atoms with Crippen molar-refractivity contribution in [1.82, 2.24) is 0 Å². The van der Waals surface area contributed by atoms with Gasteiger partial charge in [-0.1, -0.05) is 26.2 Å². The van der Waals surface area contributed by atoms with Gasteiger partial charge in [-0.3, -0.25) is 0 Å². The van der Waals surface area contributed by atoms with Gasteiger partial charge >= 0.3 is 9.53 Å². The topological polar surface area (TPSA) is 27.7 Å². The lowest BCUT2D eigenvalue weighted by Crippen LogP contribution is -2.34. The van der Waals surface area contributed by atoms with Gasteiger partial charge in [0.25, 0.3) is 0 Å². The van der Waals surface area contributed by atoms with Crippen molar-refractivity contribution in [2.75, 3.05) is 6.61 Å². The molecule has 0 radical (unpaired) electrons. The molecule has 0 saturated heterocycles. The Labute approximate surface area is 120 Å². The van der Waals surface area contributed by atoms with E-state index in [2.05, 4.69) is 19.6 Å². The molecule has 0 aliphatic rings. The highest BCUT2D eigenvalue weighted by atomic mass is 32.1. The van der Waals surface area contributed by atoms with Crippen molar-refractivity contribution < 1.29 is 13.3 Å². The molecule has 3 nitrogen and oxygen atoms in total. The Morgan fingerprint density at radius 3 is 2.00 bits per heavy atom. The first kappa shape index (κ1) is 18.4. The second-order valence-electron chi connectivity index (χ2n) is 5.14. The molecule has 1 atom stereocenters. The number of thiol groups is 1. The first-order valence-electron chi connectivity index (χ1n) is 7.06. The molecular weight excluding hydrogens is 264 g/mol. The predicted octanol–water partition coefficient (Wildman–Crippen LogP) is 3.45. The Balaban J connectivity index is 3.85. The van der Waals surface area contributed by atoms with Crippen molar-refractivity contribution in [3.63, 3.8) is 0 Å². The zero-order valence-electron chi connectivity index (χ0n) is 12.5. The summed E-state index contributed by atoms with van der Waals surface area (Å²) in [5, 5.41) is 0.290. The van der Waals surface area contributed by atoms with Crippen LogP contribution in [0.25, 0.3) is 0 Å². The van der Waals surface area contributed by atoms with Gasteiger partial charge in [0, 0.05) is 24.1 Å². The van der Waals surface area contributed by atoms with E-state index in [1.807, 2.05) is 27.7 Å². The van der Waals surface area contributed by atoms with Crippen LogP contribution in [-0.2, 0) is 13.3 Å². The van der Waals surface area contributed by atoms with Gasteiger partial charge in [-0.25, -0.2) is 0 Å². The second-order valence-corrected chi connectivity index (χ2v) is 7.33. The summed E-state index contributed by atoms with van der Waals surface area (Å²) in [7, 11) is -2.00. The largest absolute Gasteiger partial charge is 0.484 e. The summed E-state index contributed by atoms with van der Waals surface area (Å²) in [6.07, 6.45) is 5.13. The number of unbranched alkanes of at least 4 members (excludes halogenated alkanes) is 2. The highest BCUT2D eigenvalue weighted by Crippen LogP contribution is 2.11. The van der Waals surface area contributed by atoms with Gasteiger partial charge in [0.2, 0.25) is 0 Å². The van der Waals surface area contributed by atoms with Gasteiger partial charge in [-0.15, -0.1) is 0 Å². The lowest BCUT2D eigenvalue weighted by molar-refractivity contribution is 0.0503. The lowest BCUT2D eigenvalue weighted by atomic mass is 10.2. The molecule has 0 amide bonds. The van der Waals surface area contributed by atoms with Gasteiger partial charge < -0.3 is 13.3 Å². The fourth-order valence-electron chi connectivity index (χ4n) is 1.46. The normalized spacial score (nSPS) is 13.8. The summed E-state index contributed by atoms with van der Waals surface area (Å²) in [6.45, 7) is 10.9. The van der Waals surface area contributed by atoms with Crippen LogP contribution in [0.1, 0.15) is 60.3 Å². The fourth-order valence-corrected chi connectivity index (χ4v) is 3.39. The number of hydrogen-bond acceptors (Lipinski definition) is 4. The first-order chi connectivity index (χ1) is 8.45. The molecule has 5 heteroatoms. The third kappa shape index (κ3) is 11.5. The van der Waals surface area contributed by atoms with Gasteiger partial charge in [0.05, 0.1) is 0 Å². The maximum atomic E-state index is 5.77. The Bertz CT molecular complexity index is 181. The van der Waals surface area contributed by atoms with Crippen LogP contribution in [0.2, 0.25) is 0 Å². The predicted molar refractivity (Wildman–Crippen MR) is 82.5 cm³/mol. The van der Waals surface area contributed by atoms with E-state index in [9.17, 15) is 0 Å². The quantitative estimate of drug-likeness (QED) is 0.359. The van der Waals surface area contributed by atoms with Gasteiger partial charge in [0.1, 0.15) is 0 Å². The minimum absolute atomic E-state index is 0.152. The van der Waals surface area contributed by atoms with Gasteiger partial charge in [-0.2, -0.15) is 12.6 Å². The smallest absolute Gasteiger partial charge is 0.375 e. The van der Waals surface area contributed by atoms with Crippen LogP contribution >= 0.6 is 12.6 Å². The minimum Gasteiger partial charge on any atom is -0.375 e. The highest BCUT2D eigenvalue weighted by Gasteiger charge is 2.20. The third-order valence-electron chi connectivity index (χ3n) is 2.33. The van der Waals surface area contributed by atoms with E-state index in [1.165, 1.54) is 19.3 Å². The molecule has 0 N–H and O–H groups in total. The molecule has 0 saturated carbocycles. The maximum Gasteiger partial charge on any atom is 0.484 e. The minimum atomic E-state index is -2.00. The summed E-state index contributed by atoms with van der Waals surface area (Å²) >= 11 is 4.54. The summed E-state index contributed by atoms with van der Waals surface area (Å²) in [5.41, 5.74) is 0. The molecule has 1 unspecified atom stereocenters. The molecule has 0 fully saturated rings. The summed E-state index contributed by atoms with van der Waals surface area (Å²) < 4.78 is 17.2. The Morgan fingerprint density at radius 2 is 1.56 bits per heavy atom. The van der Waals surface area contributed by atoms with Gasteiger partial charge in [-0.05, 0) is 34.1 Å². The number of hydrogen-bond donors (Lipinski definition) is 1. The molecule has 0 aromatic carbocycles. The highest BCUT2D eigenvalue weighted by molar-refractivity contribution is 7.81. The van der Waals surface area contributed by atoms with Crippen LogP contribution in [0.4, 0.5) is 0 Å². The van der Waals surface area contributed by atoms with Crippen LogP contribution in [-0.4, -0.2) is 33.6 Å². The van der Waals surface area contributed by atoms with Crippen molar-refractivity contribution in [2.24, 2.45) is 0 Å². The zero-order chi connectivity index (χ0) is 14.0. The molecule has 0 aliphatic carbocycles. The SMILES string of the molecule is CCCCCC(S)CO[SiH](OC(C)C)OC(C)C. The molecule has 0 heterocycles. The Kier molecular flexibility index (Phi) is 11.6. The maximum absolute atomic E-state index is 5.77. The first-order valence-corrected chi connectivity index (χ1v) is 8.99. The van der Waals surface area contributed by atoms with E-state index in [0.29, 0.717) is 6.61 Å². The average molecular weight is 295 g/mol. The molecule has 0 aromatic rings. The van der Waals surface area contributed by atoms with Crippen LogP contribution < -0.4 is 0 Å². The Morgan fingerprint density at radius 1 is 1.00 bits per heavy atom. The van der Waals surface area contributed by atoms with Crippen LogP contribution in [0.3, 0.4) is 0 Å². The van der Waals surface area contributed by atoms with Crippen molar-refractivity contribution >= 4 is 22.2 Å². The van der Waals surface area contributed by atoms with E-state index < -0.39 is 9.53 Å². The van der Waals surface area contributed by atoms with E-state index in [0.717, 1.165) is 6.42 Å². The average Bonchev–Trinajstić information content (AvgIpc) is 2.25. The van der Waals surface area contributed by atoms with E-state index in [4.69, 9.17) is 13.3 Å². The van der Waals surface area contributed by atoms with Crippen molar-refractivity contribution in [3.05, 3.63) is 0 Å². The van der Waals surface area contributed by atoms with Crippen LogP contribution in [0.5, 0.6) is 0 Å². The van der Waals surface area contributed by atoms with Gasteiger partial charge in [0.15, 0.2) is 0 Å². The molecule has 0 aliphatic heterocycles. The van der Waals surface area contributed by atoms with Crippen LogP contribution in [0.15, 0.2) is 0 Å². The molecular formula is C13H30O3SSi. The lowest BCUT2D eigenvalue weighted by Gasteiger charge is -2.22. The van der Waals surface area contributed by atoms with E-state index >= 15 is 0 Å².